The monoisotopic (exact) mass is 276 g/mol. The summed E-state index contributed by atoms with van der Waals surface area (Å²) < 4.78 is 17.5. The number of pyridine rings is 1. The van der Waals surface area contributed by atoms with Crippen LogP contribution in [0.2, 0.25) is 0 Å². The van der Waals surface area contributed by atoms with Crippen molar-refractivity contribution < 1.29 is 18.7 Å². The maximum atomic E-state index is 13.0. The second-order valence-electron chi connectivity index (χ2n) is 4.12. The molecular weight excluding hydrogens is 263 g/mol. The fraction of sp³-hybridized carbons (Fsp3) is 0.214. The van der Waals surface area contributed by atoms with Gasteiger partial charge in [0.25, 0.3) is 5.91 Å². The Morgan fingerprint density at radius 3 is 2.85 bits per heavy atom. The van der Waals surface area contributed by atoms with Crippen molar-refractivity contribution in [2.45, 2.75) is 6.42 Å². The summed E-state index contributed by atoms with van der Waals surface area (Å²) in [7, 11) is 1.29. The number of amides is 1. The number of benzene rings is 1. The molecule has 0 radical (unpaired) electrons. The number of halogens is 1. The first kappa shape index (κ1) is 13.9. The summed E-state index contributed by atoms with van der Waals surface area (Å²) in [4.78, 5) is 26.9. The van der Waals surface area contributed by atoms with E-state index < -0.39 is 5.97 Å². The van der Waals surface area contributed by atoms with E-state index >= 15 is 0 Å². The molecule has 1 amide bonds. The van der Waals surface area contributed by atoms with Gasteiger partial charge >= 0.3 is 5.97 Å². The van der Waals surface area contributed by atoms with Gasteiger partial charge in [-0.1, -0.05) is 6.07 Å². The fourth-order valence-electron chi connectivity index (χ4n) is 1.69. The van der Waals surface area contributed by atoms with E-state index in [0.29, 0.717) is 10.9 Å². The Hall–Kier alpha value is -2.50. The Morgan fingerprint density at radius 2 is 2.10 bits per heavy atom. The van der Waals surface area contributed by atoms with E-state index in [4.69, 9.17) is 0 Å². The van der Waals surface area contributed by atoms with Gasteiger partial charge in [-0.2, -0.15) is 0 Å². The summed E-state index contributed by atoms with van der Waals surface area (Å²) in [6.45, 7) is 0.175. The minimum Gasteiger partial charge on any atom is -0.469 e. The van der Waals surface area contributed by atoms with Gasteiger partial charge < -0.3 is 10.1 Å². The quantitative estimate of drug-likeness (QED) is 0.862. The van der Waals surface area contributed by atoms with Crippen LogP contribution in [-0.4, -0.2) is 30.5 Å². The molecule has 0 atom stereocenters. The fourth-order valence-corrected chi connectivity index (χ4v) is 1.69. The molecule has 0 spiro atoms. The van der Waals surface area contributed by atoms with E-state index in [1.807, 2.05) is 0 Å². The summed E-state index contributed by atoms with van der Waals surface area (Å²) in [5.74, 6) is -1.14. The van der Waals surface area contributed by atoms with E-state index in [1.54, 1.807) is 6.07 Å². The number of carbonyl (C=O) groups is 2. The van der Waals surface area contributed by atoms with Crippen LogP contribution in [0, 0.1) is 5.82 Å². The summed E-state index contributed by atoms with van der Waals surface area (Å²) in [5, 5.41) is 3.19. The number of ether oxygens (including phenoxy) is 1. The third-order valence-electron chi connectivity index (χ3n) is 2.73. The van der Waals surface area contributed by atoms with Crippen LogP contribution in [0.25, 0.3) is 10.9 Å². The van der Waals surface area contributed by atoms with Gasteiger partial charge in [0.2, 0.25) is 0 Å². The number of rotatable bonds is 4. The van der Waals surface area contributed by atoms with E-state index in [0.717, 1.165) is 0 Å². The Kier molecular flexibility index (Phi) is 4.24. The lowest BCUT2D eigenvalue weighted by atomic mass is 10.2. The molecule has 1 aromatic carbocycles. The Labute approximate surface area is 114 Å². The average Bonchev–Trinajstić information content (AvgIpc) is 2.46. The summed E-state index contributed by atoms with van der Waals surface area (Å²) in [5.41, 5.74) is 0.751. The molecule has 0 saturated carbocycles. The van der Waals surface area contributed by atoms with Crippen LogP contribution in [0.4, 0.5) is 4.39 Å². The second-order valence-corrected chi connectivity index (χ2v) is 4.12. The number of hydrogen-bond acceptors (Lipinski definition) is 4. The van der Waals surface area contributed by atoms with Gasteiger partial charge in [-0.15, -0.1) is 0 Å². The number of aromatic nitrogens is 1. The predicted molar refractivity (Wildman–Crippen MR) is 70.7 cm³/mol. The molecule has 0 bridgehead atoms. The number of nitrogens with zero attached hydrogens (tertiary/aromatic N) is 1. The highest BCUT2D eigenvalue weighted by molar-refractivity contribution is 5.95. The molecule has 0 aliphatic rings. The lowest BCUT2D eigenvalue weighted by Gasteiger charge is -2.05. The molecule has 2 aromatic rings. The molecule has 2 rings (SSSR count). The highest BCUT2D eigenvalue weighted by Gasteiger charge is 2.09. The van der Waals surface area contributed by atoms with Crippen LogP contribution in [0.15, 0.2) is 30.3 Å². The molecule has 0 unspecified atom stereocenters. The third kappa shape index (κ3) is 3.28. The smallest absolute Gasteiger partial charge is 0.307 e. The lowest BCUT2D eigenvalue weighted by Crippen LogP contribution is -2.27. The van der Waals surface area contributed by atoms with Crippen molar-refractivity contribution >= 4 is 22.8 Å². The Balaban J connectivity index is 2.07. The molecule has 0 fully saturated rings. The average molecular weight is 276 g/mol. The van der Waals surface area contributed by atoms with Crippen LogP contribution in [0.1, 0.15) is 16.9 Å². The Bertz CT molecular complexity index is 658. The zero-order valence-electron chi connectivity index (χ0n) is 10.9. The maximum Gasteiger partial charge on any atom is 0.307 e. The predicted octanol–water partition coefficient (Wildman–Crippen LogP) is 1.67. The maximum absolute atomic E-state index is 13.0. The van der Waals surface area contributed by atoms with Crippen molar-refractivity contribution in [3.63, 3.8) is 0 Å². The minimum atomic E-state index is -0.396. The molecule has 0 aliphatic heterocycles. The van der Waals surface area contributed by atoms with Gasteiger partial charge in [0.05, 0.1) is 19.0 Å². The molecule has 0 aliphatic carbocycles. The van der Waals surface area contributed by atoms with Crippen molar-refractivity contribution in [2.75, 3.05) is 13.7 Å². The number of hydrogen-bond donors (Lipinski definition) is 1. The zero-order chi connectivity index (χ0) is 14.5. The van der Waals surface area contributed by atoms with Gasteiger partial charge in [-0.25, -0.2) is 9.37 Å². The first-order valence-electron chi connectivity index (χ1n) is 6.01. The zero-order valence-corrected chi connectivity index (χ0v) is 10.9. The summed E-state index contributed by atoms with van der Waals surface area (Å²) in [6, 6.07) is 7.28. The van der Waals surface area contributed by atoms with E-state index in [1.165, 1.54) is 31.4 Å². The minimum absolute atomic E-state index is 0.0982. The van der Waals surface area contributed by atoms with Gasteiger partial charge in [-0.05, 0) is 24.3 Å². The number of nitrogens with one attached hydrogen (secondary N) is 1. The van der Waals surface area contributed by atoms with Crippen molar-refractivity contribution in [2.24, 2.45) is 0 Å². The third-order valence-corrected chi connectivity index (χ3v) is 2.73. The van der Waals surface area contributed by atoms with Gasteiger partial charge in [0.1, 0.15) is 11.5 Å². The normalized spacial score (nSPS) is 10.3. The largest absolute Gasteiger partial charge is 0.469 e. The first-order chi connectivity index (χ1) is 9.60. The van der Waals surface area contributed by atoms with E-state index in [-0.39, 0.29) is 30.4 Å². The number of methoxy groups -OCH3 is 1. The molecular formula is C14H13FN2O3. The van der Waals surface area contributed by atoms with Crippen molar-refractivity contribution in [1.29, 1.82) is 0 Å². The standard InChI is InChI=1S/C14H13FN2O3/c1-20-13(18)6-7-16-14(19)12-4-2-9-8-10(15)3-5-11(9)17-12/h2-5,8H,6-7H2,1H3,(H,16,19). The molecule has 1 aromatic heterocycles. The van der Waals surface area contributed by atoms with Crippen molar-refractivity contribution in [3.8, 4) is 0 Å². The Morgan fingerprint density at radius 1 is 1.30 bits per heavy atom. The molecule has 6 heteroatoms. The molecule has 5 nitrogen and oxygen atoms in total. The molecule has 1 N–H and O–H groups in total. The van der Waals surface area contributed by atoms with E-state index in [2.05, 4.69) is 15.0 Å². The number of carbonyl (C=O) groups excluding carboxylic acids is 2. The molecule has 1 heterocycles. The van der Waals surface area contributed by atoms with Gasteiger partial charge in [-0.3, -0.25) is 9.59 Å². The highest BCUT2D eigenvalue weighted by Crippen LogP contribution is 2.14. The van der Waals surface area contributed by atoms with Gasteiger partial charge in [0, 0.05) is 11.9 Å². The van der Waals surface area contributed by atoms with E-state index in [9.17, 15) is 14.0 Å². The van der Waals surface area contributed by atoms with Crippen LogP contribution < -0.4 is 5.32 Å². The van der Waals surface area contributed by atoms with Gasteiger partial charge in [0.15, 0.2) is 0 Å². The second kappa shape index (κ2) is 6.10. The SMILES string of the molecule is COC(=O)CCNC(=O)c1ccc2cc(F)ccc2n1. The first-order valence-corrected chi connectivity index (χ1v) is 6.01. The summed E-state index contributed by atoms with van der Waals surface area (Å²) in [6.07, 6.45) is 0.0982. The molecule has 20 heavy (non-hydrogen) atoms. The topological polar surface area (TPSA) is 68.3 Å². The van der Waals surface area contributed by atoms with Crippen LogP contribution in [0.5, 0.6) is 0 Å². The van der Waals surface area contributed by atoms with Crippen molar-refractivity contribution in [3.05, 3.63) is 41.8 Å². The van der Waals surface area contributed by atoms with Crippen LogP contribution in [-0.2, 0) is 9.53 Å². The molecule has 104 valence electrons. The van der Waals surface area contributed by atoms with Crippen LogP contribution >= 0.6 is 0 Å². The summed E-state index contributed by atoms with van der Waals surface area (Å²) >= 11 is 0. The lowest BCUT2D eigenvalue weighted by molar-refractivity contribution is -0.140. The van der Waals surface area contributed by atoms with Crippen LogP contribution in [0.3, 0.4) is 0 Å². The highest BCUT2D eigenvalue weighted by atomic mass is 19.1. The molecule has 0 saturated heterocycles. The number of esters is 1. The van der Waals surface area contributed by atoms with Crippen molar-refractivity contribution in [1.82, 2.24) is 10.3 Å². The number of fused-ring (bicyclic) bond motifs is 1.